The molecule has 2 fully saturated rings. The molecule has 0 aromatic carbocycles. The fourth-order valence-electron chi connectivity index (χ4n) is 3.29. The lowest BCUT2D eigenvalue weighted by Crippen LogP contribution is -2.35. The Bertz CT molecular complexity index is 183. The minimum atomic E-state index is 0.787. The van der Waals surface area contributed by atoms with Crippen molar-refractivity contribution < 1.29 is 0 Å². The normalized spacial score (nSPS) is 26.1. The zero-order valence-electron chi connectivity index (χ0n) is 10.7. The largest absolute Gasteiger partial charge is 0.316 e. The van der Waals surface area contributed by atoms with Crippen LogP contribution in [-0.4, -0.2) is 24.1 Å². The Morgan fingerprint density at radius 3 is 2.25 bits per heavy atom. The van der Waals surface area contributed by atoms with Gasteiger partial charge in [-0.15, -0.1) is 0 Å². The molecule has 0 spiro atoms. The van der Waals surface area contributed by atoms with Gasteiger partial charge >= 0.3 is 0 Å². The quantitative estimate of drug-likeness (QED) is 0.785. The van der Waals surface area contributed by atoms with E-state index in [4.69, 9.17) is 0 Å². The van der Waals surface area contributed by atoms with Gasteiger partial charge in [0.25, 0.3) is 0 Å². The fraction of sp³-hybridized carbons (Fsp3) is 1.00. The average molecular weight is 241 g/mol. The van der Waals surface area contributed by atoms with E-state index >= 15 is 0 Å². The molecule has 0 bridgehead atoms. The van der Waals surface area contributed by atoms with Crippen LogP contribution in [0, 0.1) is 5.92 Å². The van der Waals surface area contributed by atoms with Gasteiger partial charge in [-0.1, -0.05) is 32.1 Å². The predicted octanol–water partition coefficient (Wildman–Crippen LogP) is 3.83. The Morgan fingerprint density at radius 2 is 1.62 bits per heavy atom. The van der Waals surface area contributed by atoms with Crippen molar-refractivity contribution in [2.45, 2.75) is 69.1 Å². The van der Waals surface area contributed by atoms with Gasteiger partial charge in [0.1, 0.15) is 0 Å². The molecule has 94 valence electrons. The van der Waals surface area contributed by atoms with Crippen molar-refractivity contribution in [2.24, 2.45) is 5.92 Å². The van der Waals surface area contributed by atoms with Gasteiger partial charge in [-0.05, 0) is 38.6 Å². The molecule has 1 nitrogen and oxygen atoms in total. The van der Waals surface area contributed by atoms with Crippen LogP contribution >= 0.6 is 11.8 Å². The summed E-state index contributed by atoms with van der Waals surface area (Å²) in [5, 5.41) is 4.54. The Labute approximate surface area is 105 Å². The third-order valence-corrected chi connectivity index (χ3v) is 5.90. The first-order chi connectivity index (χ1) is 7.90. The number of nitrogens with one attached hydrogen (secondary N) is 1. The molecule has 0 aromatic rings. The summed E-state index contributed by atoms with van der Waals surface area (Å²) in [5.74, 6) is 2.33. The van der Waals surface area contributed by atoms with E-state index in [9.17, 15) is 0 Å². The van der Waals surface area contributed by atoms with E-state index in [2.05, 4.69) is 24.1 Å². The van der Waals surface area contributed by atoms with Crippen LogP contribution in [-0.2, 0) is 0 Å². The maximum Gasteiger partial charge on any atom is 0.0183 e. The van der Waals surface area contributed by atoms with Crippen LogP contribution in [0.5, 0.6) is 0 Å². The van der Waals surface area contributed by atoms with Crippen LogP contribution in [0.2, 0.25) is 0 Å². The SMILES string of the molecule is CNC(CSC1CCCCC1)C1CCCC1. The molecule has 2 saturated carbocycles. The Morgan fingerprint density at radius 1 is 1.00 bits per heavy atom. The molecule has 2 aliphatic carbocycles. The second-order valence-electron chi connectivity index (χ2n) is 5.53. The molecule has 2 rings (SSSR count). The Balaban J connectivity index is 1.69. The van der Waals surface area contributed by atoms with Crippen molar-refractivity contribution in [3.8, 4) is 0 Å². The fourth-order valence-corrected chi connectivity index (χ4v) is 4.87. The summed E-state index contributed by atoms with van der Waals surface area (Å²) >= 11 is 2.25. The summed E-state index contributed by atoms with van der Waals surface area (Å²) in [6.45, 7) is 0. The highest BCUT2D eigenvalue weighted by Crippen LogP contribution is 2.33. The highest BCUT2D eigenvalue weighted by Gasteiger charge is 2.25. The number of hydrogen-bond acceptors (Lipinski definition) is 2. The molecule has 0 heterocycles. The first-order valence-corrected chi connectivity index (χ1v) is 8.24. The molecule has 0 amide bonds. The third kappa shape index (κ3) is 3.66. The van der Waals surface area contributed by atoms with E-state index < -0.39 is 0 Å². The lowest BCUT2D eigenvalue weighted by atomic mass is 10.00. The zero-order valence-corrected chi connectivity index (χ0v) is 11.5. The smallest absolute Gasteiger partial charge is 0.0183 e. The molecule has 16 heavy (non-hydrogen) atoms. The van der Waals surface area contributed by atoms with E-state index in [1.54, 1.807) is 0 Å². The van der Waals surface area contributed by atoms with Crippen LogP contribution in [0.15, 0.2) is 0 Å². The van der Waals surface area contributed by atoms with Crippen molar-refractivity contribution in [3.63, 3.8) is 0 Å². The van der Waals surface area contributed by atoms with Gasteiger partial charge in [-0.25, -0.2) is 0 Å². The molecule has 1 unspecified atom stereocenters. The Hall–Kier alpha value is 0.310. The summed E-state index contributed by atoms with van der Waals surface area (Å²) in [4.78, 5) is 0. The van der Waals surface area contributed by atoms with Crippen LogP contribution in [0.3, 0.4) is 0 Å². The van der Waals surface area contributed by atoms with E-state index in [1.807, 2.05) is 0 Å². The van der Waals surface area contributed by atoms with Gasteiger partial charge < -0.3 is 5.32 Å². The maximum absolute atomic E-state index is 3.56. The lowest BCUT2D eigenvalue weighted by molar-refractivity contribution is 0.409. The van der Waals surface area contributed by atoms with Crippen molar-refractivity contribution in [2.75, 3.05) is 12.8 Å². The first kappa shape index (κ1) is 12.8. The molecule has 2 aliphatic rings. The number of rotatable bonds is 5. The monoisotopic (exact) mass is 241 g/mol. The van der Waals surface area contributed by atoms with Crippen molar-refractivity contribution in [3.05, 3.63) is 0 Å². The number of thioether (sulfide) groups is 1. The van der Waals surface area contributed by atoms with Crippen LogP contribution in [0.1, 0.15) is 57.8 Å². The number of hydrogen-bond donors (Lipinski definition) is 1. The van der Waals surface area contributed by atoms with E-state index in [1.165, 1.54) is 63.5 Å². The zero-order chi connectivity index (χ0) is 11.2. The predicted molar refractivity (Wildman–Crippen MR) is 74.1 cm³/mol. The average Bonchev–Trinajstić information content (AvgIpc) is 2.85. The van der Waals surface area contributed by atoms with E-state index in [-0.39, 0.29) is 0 Å². The molecule has 0 aromatic heterocycles. The van der Waals surface area contributed by atoms with E-state index in [0.717, 1.165) is 17.2 Å². The molecular weight excluding hydrogens is 214 g/mol. The topological polar surface area (TPSA) is 12.0 Å². The van der Waals surface area contributed by atoms with Crippen LogP contribution in [0.25, 0.3) is 0 Å². The molecule has 0 aliphatic heterocycles. The summed E-state index contributed by atoms with van der Waals surface area (Å²) in [7, 11) is 2.16. The van der Waals surface area contributed by atoms with Gasteiger partial charge in [0.05, 0.1) is 0 Å². The highest BCUT2D eigenvalue weighted by atomic mass is 32.2. The first-order valence-electron chi connectivity index (χ1n) is 7.19. The van der Waals surface area contributed by atoms with Gasteiger partial charge in [0, 0.05) is 17.0 Å². The molecule has 1 atom stereocenters. The van der Waals surface area contributed by atoms with Crippen LogP contribution in [0.4, 0.5) is 0 Å². The summed E-state index contributed by atoms with van der Waals surface area (Å²) in [6, 6.07) is 0.787. The standard InChI is InChI=1S/C14H27NS/c1-15-14(12-7-5-6-8-12)11-16-13-9-3-2-4-10-13/h12-15H,2-11H2,1H3. The lowest BCUT2D eigenvalue weighted by Gasteiger charge is -2.27. The summed E-state index contributed by atoms with van der Waals surface area (Å²) < 4.78 is 0. The molecular formula is C14H27NS. The van der Waals surface area contributed by atoms with Gasteiger partial charge in [-0.2, -0.15) is 11.8 Å². The minimum Gasteiger partial charge on any atom is -0.316 e. The molecule has 0 saturated heterocycles. The maximum atomic E-state index is 3.56. The summed E-state index contributed by atoms with van der Waals surface area (Å²) in [5.41, 5.74) is 0. The van der Waals surface area contributed by atoms with Gasteiger partial charge in [0.15, 0.2) is 0 Å². The Kier molecular flexibility index (Phi) is 5.51. The minimum absolute atomic E-state index is 0.787. The van der Waals surface area contributed by atoms with Crippen LogP contribution < -0.4 is 5.32 Å². The van der Waals surface area contributed by atoms with Gasteiger partial charge in [-0.3, -0.25) is 0 Å². The molecule has 0 radical (unpaired) electrons. The second-order valence-corrected chi connectivity index (χ2v) is 6.87. The summed E-state index contributed by atoms with van der Waals surface area (Å²) in [6.07, 6.45) is 13.3. The highest BCUT2D eigenvalue weighted by molar-refractivity contribution is 7.99. The van der Waals surface area contributed by atoms with Gasteiger partial charge in [0.2, 0.25) is 0 Å². The third-order valence-electron chi connectivity index (χ3n) is 4.40. The second kappa shape index (κ2) is 6.90. The van der Waals surface area contributed by atoms with E-state index in [0.29, 0.717) is 0 Å². The van der Waals surface area contributed by atoms with Crippen molar-refractivity contribution >= 4 is 11.8 Å². The van der Waals surface area contributed by atoms with Crippen molar-refractivity contribution in [1.29, 1.82) is 0 Å². The molecule has 2 heteroatoms. The molecule has 1 N–H and O–H groups in total. The van der Waals surface area contributed by atoms with Crippen molar-refractivity contribution in [1.82, 2.24) is 5.32 Å².